The van der Waals surface area contributed by atoms with E-state index in [9.17, 15) is 23.1 Å². The van der Waals surface area contributed by atoms with Gasteiger partial charge in [-0.25, -0.2) is 18.0 Å². The van der Waals surface area contributed by atoms with Gasteiger partial charge >= 0.3 is 6.03 Å². The number of aliphatic hydroxyl groups excluding tert-OH is 1. The van der Waals surface area contributed by atoms with Crippen molar-refractivity contribution in [2.75, 3.05) is 39.2 Å². The minimum absolute atomic E-state index is 0.150. The molecule has 6 nitrogen and oxygen atoms in total. The van der Waals surface area contributed by atoms with Crippen molar-refractivity contribution >= 4 is 11.7 Å². The molecule has 0 fully saturated rings. The van der Waals surface area contributed by atoms with Crippen LogP contribution in [0.15, 0.2) is 42.5 Å². The van der Waals surface area contributed by atoms with Gasteiger partial charge in [-0.2, -0.15) is 0 Å². The number of hydrogen-bond acceptors (Lipinski definition) is 4. The van der Waals surface area contributed by atoms with Crippen LogP contribution < -0.4 is 5.32 Å². The maximum absolute atomic E-state index is 14.0. The number of hydrogen-bond donors (Lipinski definition) is 2. The Morgan fingerprint density at radius 1 is 1.06 bits per heavy atom. The summed E-state index contributed by atoms with van der Waals surface area (Å²) in [6, 6.07) is 7.85. The number of nitrogens with zero attached hydrogens (tertiary/aromatic N) is 2. The molecule has 182 valence electrons. The molecule has 2 amide bonds. The molecular weight excluding hydrogens is 435 g/mol. The van der Waals surface area contributed by atoms with Crippen molar-refractivity contribution in [3.63, 3.8) is 0 Å². The zero-order valence-corrected chi connectivity index (χ0v) is 19.4. The average molecular weight is 468 g/mol. The maximum Gasteiger partial charge on any atom is 0.322 e. The van der Waals surface area contributed by atoms with Gasteiger partial charge in [-0.05, 0) is 56.4 Å². The zero-order chi connectivity index (χ0) is 24.5. The fraction of sp³-hybridized carbons (Fsp3) is 0.458. The van der Waals surface area contributed by atoms with Crippen LogP contribution in [0.4, 0.5) is 23.7 Å². The van der Waals surface area contributed by atoms with Gasteiger partial charge in [0.25, 0.3) is 0 Å². The number of amides is 2. The number of carbonyl (C=O) groups excluding carboxylic acids is 1. The Balaban J connectivity index is 2.04. The first-order valence-corrected chi connectivity index (χ1v) is 10.7. The highest BCUT2D eigenvalue weighted by molar-refractivity contribution is 5.89. The topological polar surface area (TPSA) is 65.0 Å². The SMILES string of the molecule is CO[C@H](CN(C)Cc1cc(F)ccc1F)[C@@H](C)CN(C(=O)Nc1ccc(F)cc1)[C@@H](C)CO. The molecule has 0 saturated carbocycles. The van der Waals surface area contributed by atoms with Crippen molar-refractivity contribution in [2.45, 2.75) is 32.5 Å². The van der Waals surface area contributed by atoms with Crippen molar-refractivity contribution in [1.29, 1.82) is 0 Å². The molecule has 2 aromatic carbocycles. The summed E-state index contributed by atoms with van der Waals surface area (Å²) < 4.78 is 46.2. The van der Waals surface area contributed by atoms with Crippen LogP contribution in [0.1, 0.15) is 19.4 Å². The van der Waals surface area contributed by atoms with Gasteiger partial charge in [0, 0.05) is 43.9 Å². The van der Waals surface area contributed by atoms with Crippen LogP contribution in [0.5, 0.6) is 0 Å². The smallest absolute Gasteiger partial charge is 0.322 e. The summed E-state index contributed by atoms with van der Waals surface area (Å²) in [6.07, 6.45) is -0.321. The zero-order valence-electron chi connectivity index (χ0n) is 19.4. The van der Waals surface area contributed by atoms with Gasteiger partial charge in [0.05, 0.1) is 18.8 Å². The fourth-order valence-electron chi connectivity index (χ4n) is 3.53. The lowest BCUT2D eigenvalue weighted by Gasteiger charge is -2.34. The number of anilines is 1. The van der Waals surface area contributed by atoms with Crippen molar-refractivity contribution in [2.24, 2.45) is 5.92 Å². The van der Waals surface area contributed by atoms with E-state index in [0.717, 1.165) is 12.1 Å². The van der Waals surface area contributed by atoms with E-state index in [1.807, 2.05) is 11.8 Å². The lowest BCUT2D eigenvalue weighted by molar-refractivity contribution is 0.0175. The molecule has 0 bridgehead atoms. The van der Waals surface area contributed by atoms with Crippen LogP contribution in [0.25, 0.3) is 0 Å². The third kappa shape index (κ3) is 8.03. The summed E-state index contributed by atoms with van der Waals surface area (Å²) in [4.78, 5) is 16.2. The summed E-state index contributed by atoms with van der Waals surface area (Å²) in [5, 5.41) is 12.4. The molecule has 3 atom stereocenters. The van der Waals surface area contributed by atoms with E-state index >= 15 is 0 Å². The van der Waals surface area contributed by atoms with Gasteiger partial charge in [-0.1, -0.05) is 6.92 Å². The lowest BCUT2D eigenvalue weighted by atomic mass is 10.0. The molecule has 0 spiro atoms. The number of rotatable bonds is 11. The first-order valence-electron chi connectivity index (χ1n) is 10.7. The van der Waals surface area contributed by atoms with Gasteiger partial charge in [0.2, 0.25) is 0 Å². The first kappa shape index (κ1) is 26.6. The van der Waals surface area contributed by atoms with Gasteiger partial charge in [-0.3, -0.25) is 4.90 Å². The number of carbonyl (C=O) groups is 1. The Morgan fingerprint density at radius 3 is 2.30 bits per heavy atom. The van der Waals surface area contributed by atoms with Crippen molar-refractivity contribution < 1.29 is 27.8 Å². The largest absolute Gasteiger partial charge is 0.394 e. The van der Waals surface area contributed by atoms with Crippen LogP contribution >= 0.6 is 0 Å². The Bertz CT molecular complexity index is 898. The van der Waals surface area contributed by atoms with Crippen molar-refractivity contribution in [3.05, 3.63) is 65.5 Å². The number of likely N-dealkylation sites (N-methyl/N-ethyl adjacent to an activating group) is 1. The number of aliphatic hydroxyl groups is 1. The maximum atomic E-state index is 14.0. The third-order valence-electron chi connectivity index (χ3n) is 5.51. The quantitative estimate of drug-likeness (QED) is 0.522. The van der Waals surface area contributed by atoms with E-state index in [1.54, 1.807) is 21.1 Å². The minimum Gasteiger partial charge on any atom is -0.394 e. The molecule has 0 aliphatic rings. The second-order valence-electron chi connectivity index (χ2n) is 8.30. The van der Waals surface area contributed by atoms with E-state index in [1.165, 1.54) is 35.2 Å². The van der Waals surface area contributed by atoms with E-state index in [0.29, 0.717) is 12.2 Å². The molecule has 0 radical (unpaired) electrons. The fourth-order valence-corrected chi connectivity index (χ4v) is 3.53. The number of methoxy groups -OCH3 is 1. The van der Waals surface area contributed by atoms with Crippen LogP contribution in [0, 0.1) is 23.4 Å². The molecule has 2 rings (SSSR count). The number of halogens is 3. The van der Waals surface area contributed by atoms with Crippen LogP contribution in [0.2, 0.25) is 0 Å². The second kappa shape index (κ2) is 12.6. The predicted octanol–water partition coefficient (Wildman–Crippen LogP) is 4.10. The molecule has 9 heteroatoms. The summed E-state index contributed by atoms with van der Waals surface area (Å²) >= 11 is 0. The van der Waals surface area contributed by atoms with Crippen molar-refractivity contribution in [1.82, 2.24) is 9.80 Å². The molecule has 0 unspecified atom stereocenters. The predicted molar refractivity (Wildman–Crippen MR) is 121 cm³/mol. The molecule has 0 heterocycles. The van der Waals surface area contributed by atoms with Gasteiger partial charge < -0.3 is 20.1 Å². The lowest BCUT2D eigenvalue weighted by Crippen LogP contribution is -2.48. The monoisotopic (exact) mass is 467 g/mol. The number of nitrogens with one attached hydrogen (secondary N) is 1. The Hall–Kier alpha value is -2.62. The molecule has 2 N–H and O–H groups in total. The van der Waals surface area contributed by atoms with Crippen LogP contribution in [0.3, 0.4) is 0 Å². The highest BCUT2D eigenvalue weighted by Crippen LogP contribution is 2.17. The molecule has 0 aromatic heterocycles. The van der Waals surface area contributed by atoms with E-state index < -0.39 is 29.5 Å². The van der Waals surface area contributed by atoms with E-state index in [2.05, 4.69) is 5.32 Å². The highest BCUT2D eigenvalue weighted by Gasteiger charge is 2.27. The molecule has 33 heavy (non-hydrogen) atoms. The highest BCUT2D eigenvalue weighted by atomic mass is 19.1. The normalized spacial score (nSPS) is 14.1. The van der Waals surface area contributed by atoms with Crippen molar-refractivity contribution in [3.8, 4) is 0 Å². The standard InChI is InChI=1S/C24H32F3N3O3/c1-16(23(33-4)14-29(3)13-18-11-20(26)7-10-22(18)27)12-30(17(2)15-31)24(32)28-21-8-5-19(25)6-9-21/h5-11,16-17,23,31H,12-15H2,1-4H3,(H,28,32)/t16-,17-,23+/m0/s1. The molecule has 0 aliphatic heterocycles. The summed E-state index contributed by atoms with van der Waals surface area (Å²) in [5.41, 5.74) is 0.679. The summed E-state index contributed by atoms with van der Waals surface area (Å²) in [7, 11) is 3.33. The van der Waals surface area contributed by atoms with Crippen LogP contribution in [-0.2, 0) is 11.3 Å². The third-order valence-corrected chi connectivity index (χ3v) is 5.51. The number of ether oxygens (including phenoxy) is 1. The van der Waals surface area contributed by atoms with Gasteiger partial charge in [0.1, 0.15) is 17.5 Å². The minimum atomic E-state index is -0.503. The molecule has 0 aliphatic carbocycles. The summed E-state index contributed by atoms with van der Waals surface area (Å²) in [5.74, 6) is -1.54. The Morgan fingerprint density at radius 2 is 1.70 bits per heavy atom. The second-order valence-corrected chi connectivity index (χ2v) is 8.30. The number of urea groups is 1. The Kier molecular flexibility index (Phi) is 10.1. The first-order chi connectivity index (χ1) is 15.6. The molecule has 2 aromatic rings. The van der Waals surface area contributed by atoms with Gasteiger partial charge in [0.15, 0.2) is 0 Å². The van der Waals surface area contributed by atoms with E-state index in [-0.39, 0.29) is 37.3 Å². The average Bonchev–Trinajstić information content (AvgIpc) is 2.79. The number of benzene rings is 2. The Labute approximate surface area is 193 Å². The van der Waals surface area contributed by atoms with Crippen LogP contribution in [-0.4, -0.2) is 66.9 Å². The van der Waals surface area contributed by atoms with E-state index in [4.69, 9.17) is 4.74 Å². The molecule has 0 saturated heterocycles. The molecular formula is C24H32F3N3O3. The summed E-state index contributed by atoms with van der Waals surface area (Å²) in [6.45, 7) is 4.27. The van der Waals surface area contributed by atoms with Gasteiger partial charge in [-0.15, -0.1) is 0 Å².